The van der Waals surface area contributed by atoms with Crippen molar-refractivity contribution in [3.8, 4) is 0 Å². The molecular weight excluding hydrogens is 298 g/mol. The van der Waals surface area contributed by atoms with Gasteiger partial charge in [-0.1, -0.05) is 60.7 Å². The summed E-state index contributed by atoms with van der Waals surface area (Å²) in [4.78, 5) is 12.7. The van der Waals surface area contributed by atoms with Crippen molar-refractivity contribution in [3.63, 3.8) is 0 Å². The van der Waals surface area contributed by atoms with Crippen LogP contribution in [0, 0.1) is 0 Å². The molecule has 2 aromatic carbocycles. The number of nitrogens with zero attached hydrogens (tertiary/aromatic N) is 2. The Morgan fingerprint density at radius 3 is 2.38 bits per heavy atom. The number of benzene rings is 2. The standard InChI is InChI=1S/C20H19N3O/c1-23-15-17(14-22-23)13-21-20(24)19(18-10-6-3-7-11-18)12-16-8-4-2-5-9-16/h2-12,14-15H,13H2,1H3,(H,21,24)/b19-12-. The lowest BCUT2D eigenvalue weighted by Crippen LogP contribution is -2.23. The van der Waals surface area contributed by atoms with Crippen LogP contribution in [-0.2, 0) is 18.4 Å². The second kappa shape index (κ2) is 7.42. The van der Waals surface area contributed by atoms with Crippen LogP contribution in [0.3, 0.4) is 0 Å². The van der Waals surface area contributed by atoms with Gasteiger partial charge in [-0.2, -0.15) is 5.10 Å². The zero-order valence-corrected chi connectivity index (χ0v) is 13.5. The number of carbonyl (C=O) groups excluding carboxylic acids is 1. The molecule has 0 unspecified atom stereocenters. The van der Waals surface area contributed by atoms with Crippen LogP contribution in [0.1, 0.15) is 16.7 Å². The van der Waals surface area contributed by atoms with E-state index in [0.29, 0.717) is 12.1 Å². The van der Waals surface area contributed by atoms with Gasteiger partial charge in [0, 0.05) is 30.9 Å². The molecule has 0 aliphatic carbocycles. The van der Waals surface area contributed by atoms with E-state index in [1.807, 2.05) is 80.0 Å². The van der Waals surface area contributed by atoms with E-state index in [2.05, 4.69) is 10.4 Å². The molecule has 24 heavy (non-hydrogen) atoms. The van der Waals surface area contributed by atoms with Crippen molar-refractivity contribution in [2.75, 3.05) is 0 Å². The van der Waals surface area contributed by atoms with Crippen molar-refractivity contribution < 1.29 is 4.79 Å². The quantitative estimate of drug-likeness (QED) is 0.580. The van der Waals surface area contributed by atoms with Gasteiger partial charge in [0.05, 0.1) is 6.20 Å². The summed E-state index contributed by atoms with van der Waals surface area (Å²) in [5.74, 6) is -0.103. The van der Waals surface area contributed by atoms with E-state index in [-0.39, 0.29) is 5.91 Å². The van der Waals surface area contributed by atoms with Gasteiger partial charge < -0.3 is 5.32 Å². The van der Waals surface area contributed by atoms with Crippen molar-refractivity contribution in [2.45, 2.75) is 6.54 Å². The van der Waals surface area contributed by atoms with E-state index >= 15 is 0 Å². The maximum atomic E-state index is 12.7. The summed E-state index contributed by atoms with van der Waals surface area (Å²) in [5.41, 5.74) is 3.50. The minimum Gasteiger partial charge on any atom is -0.348 e. The van der Waals surface area contributed by atoms with Crippen LogP contribution in [0.4, 0.5) is 0 Å². The number of carbonyl (C=O) groups is 1. The molecule has 3 rings (SSSR count). The molecule has 0 saturated carbocycles. The summed E-state index contributed by atoms with van der Waals surface area (Å²) in [6, 6.07) is 19.5. The van der Waals surface area contributed by atoms with Gasteiger partial charge in [-0.05, 0) is 17.2 Å². The minimum atomic E-state index is -0.103. The monoisotopic (exact) mass is 317 g/mol. The van der Waals surface area contributed by atoms with Crippen molar-refractivity contribution >= 4 is 17.6 Å². The van der Waals surface area contributed by atoms with E-state index < -0.39 is 0 Å². The SMILES string of the molecule is Cn1cc(CNC(=O)/C(=C\c2ccccc2)c2ccccc2)cn1. The highest BCUT2D eigenvalue weighted by Gasteiger charge is 2.12. The Morgan fingerprint density at radius 1 is 1.08 bits per heavy atom. The number of hydrogen-bond donors (Lipinski definition) is 1. The van der Waals surface area contributed by atoms with Crippen molar-refractivity contribution in [1.29, 1.82) is 0 Å². The third-order valence-electron chi connectivity index (χ3n) is 3.65. The fourth-order valence-electron chi connectivity index (χ4n) is 2.45. The Hall–Kier alpha value is -3.14. The topological polar surface area (TPSA) is 46.9 Å². The van der Waals surface area contributed by atoms with Crippen LogP contribution >= 0.6 is 0 Å². The maximum Gasteiger partial charge on any atom is 0.252 e. The Labute approximate surface area is 141 Å². The first kappa shape index (κ1) is 15.7. The van der Waals surface area contributed by atoms with Crippen LogP contribution < -0.4 is 5.32 Å². The number of aromatic nitrogens is 2. The van der Waals surface area contributed by atoms with Gasteiger partial charge in [-0.15, -0.1) is 0 Å². The van der Waals surface area contributed by atoms with Crippen molar-refractivity contribution in [3.05, 3.63) is 89.7 Å². The Balaban J connectivity index is 1.84. The van der Waals surface area contributed by atoms with Gasteiger partial charge in [0.25, 0.3) is 5.91 Å². The van der Waals surface area contributed by atoms with Crippen LogP contribution in [0.2, 0.25) is 0 Å². The summed E-state index contributed by atoms with van der Waals surface area (Å²) in [6.45, 7) is 0.450. The molecule has 0 atom stereocenters. The molecular formula is C20H19N3O. The van der Waals surface area contributed by atoms with Crippen molar-refractivity contribution in [2.24, 2.45) is 7.05 Å². The van der Waals surface area contributed by atoms with Gasteiger partial charge in [0.2, 0.25) is 0 Å². The van der Waals surface area contributed by atoms with Gasteiger partial charge >= 0.3 is 0 Å². The minimum absolute atomic E-state index is 0.103. The van der Waals surface area contributed by atoms with E-state index in [1.54, 1.807) is 10.9 Å². The number of rotatable bonds is 5. The van der Waals surface area contributed by atoms with Crippen LogP contribution in [0.25, 0.3) is 11.6 Å². The van der Waals surface area contributed by atoms with Gasteiger partial charge in [-0.25, -0.2) is 0 Å². The molecule has 0 radical (unpaired) electrons. The molecule has 3 aromatic rings. The largest absolute Gasteiger partial charge is 0.348 e. The van der Waals surface area contributed by atoms with E-state index in [0.717, 1.165) is 16.7 Å². The lowest BCUT2D eigenvalue weighted by molar-refractivity contribution is -0.115. The molecule has 4 nitrogen and oxygen atoms in total. The zero-order valence-electron chi connectivity index (χ0n) is 13.5. The fraction of sp³-hybridized carbons (Fsp3) is 0.100. The number of nitrogens with one attached hydrogen (secondary N) is 1. The normalized spacial score (nSPS) is 11.3. The number of aryl methyl sites for hydroxylation is 1. The first-order valence-corrected chi connectivity index (χ1v) is 7.80. The lowest BCUT2D eigenvalue weighted by Gasteiger charge is -2.09. The van der Waals surface area contributed by atoms with E-state index in [9.17, 15) is 4.79 Å². The second-order valence-electron chi connectivity index (χ2n) is 5.54. The molecule has 120 valence electrons. The molecule has 0 aliphatic heterocycles. The summed E-state index contributed by atoms with van der Waals surface area (Å²) in [5, 5.41) is 7.09. The predicted molar refractivity (Wildman–Crippen MR) is 95.8 cm³/mol. The Morgan fingerprint density at radius 2 is 1.75 bits per heavy atom. The highest BCUT2D eigenvalue weighted by atomic mass is 16.1. The van der Waals surface area contributed by atoms with E-state index in [1.165, 1.54) is 0 Å². The molecule has 1 amide bonds. The average molecular weight is 317 g/mol. The highest BCUT2D eigenvalue weighted by Crippen LogP contribution is 2.18. The molecule has 0 fully saturated rings. The first-order valence-electron chi connectivity index (χ1n) is 7.80. The van der Waals surface area contributed by atoms with Gasteiger partial charge in [0.1, 0.15) is 0 Å². The summed E-state index contributed by atoms with van der Waals surface area (Å²) < 4.78 is 1.72. The Kier molecular flexibility index (Phi) is 4.87. The zero-order chi connectivity index (χ0) is 16.8. The van der Waals surface area contributed by atoms with Gasteiger partial charge in [-0.3, -0.25) is 9.48 Å². The molecule has 0 aliphatic rings. The maximum absolute atomic E-state index is 12.7. The Bertz CT molecular complexity index is 836. The molecule has 1 heterocycles. The lowest BCUT2D eigenvalue weighted by atomic mass is 10.0. The van der Waals surface area contributed by atoms with Crippen molar-refractivity contribution in [1.82, 2.24) is 15.1 Å². The summed E-state index contributed by atoms with van der Waals surface area (Å²) in [6.07, 6.45) is 5.56. The average Bonchev–Trinajstić information content (AvgIpc) is 3.04. The molecule has 1 aromatic heterocycles. The predicted octanol–water partition coefficient (Wildman–Crippen LogP) is 3.28. The smallest absolute Gasteiger partial charge is 0.252 e. The third kappa shape index (κ3) is 3.98. The highest BCUT2D eigenvalue weighted by molar-refractivity contribution is 6.24. The molecule has 0 bridgehead atoms. The third-order valence-corrected chi connectivity index (χ3v) is 3.65. The van der Waals surface area contributed by atoms with Crippen LogP contribution in [-0.4, -0.2) is 15.7 Å². The molecule has 0 spiro atoms. The summed E-state index contributed by atoms with van der Waals surface area (Å²) >= 11 is 0. The fourth-order valence-corrected chi connectivity index (χ4v) is 2.45. The number of amides is 1. The molecule has 4 heteroatoms. The van der Waals surface area contributed by atoms with Gasteiger partial charge in [0.15, 0.2) is 0 Å². The first-order chi connectivity index (χ1) is 11.7. The molecule has 0 saturated heterocycles. The van der Waals surface area contributed by atoms with E-state index in [4.69, 9.17) is 0 Å². The second-order valence-corrected chi connectivity index (χ2v) is 5.54. The van der Waals surface area contributed by atoms with Crippen LogP contribution in [0.15, 0.2) is 73.1 Å². The summed E-state index contributed by atoms with van der Waals surface area (Å²) in [7, 11) is 1.86. The van der Waals surface area contributed by atoms with Crippen LogP contribution in [0.5, 0.6) is 0 Å². The molecule has 1 N–H and O–H groups in total. The number of hydrogen-bond acceptors (Lipinski definition) is 2.